The van der Waals surface area contributed by atoms with E-state index in [4.69, 9.17) is 10.6 Å². The summed E-state index contributed by atoms with van der Waals surface area (Å²) >= 11 is 0. The molecule has 0 spiro atoms. The van der Waals surface area contributed by atoms with Gasteiger partial charge in [0.15, 0.2) is 0 Å². The average molecular weight is 338 g/mol. The fraction of sp³-hybridized carbons (Fsp3) is 1.00. The van der Waals surface area contributed by atoms with E-state index in [1.165, 1.54) is 25.7 Å². The Kier molecular flexibility index (Phi) is 17.6. The molecule has 0 aromatic heterocycles. The molecule has 0 amide bonds. The van der Waals surface area contributed by atoms with Crippen LogP contribution in [0.1, 0.15) is 79.1 Å². The molecular formula is C16H37NO4P-. The molecule has 0 fully saturated rings. The molecule has 6 heteroatoms. The van der Waals surface area contributed by atoms with Gasteiger partial charge in [0.2, 0.25) is 0 Å². The number of hydrogen-bond acceptors (Lipinski definition) is 4. The predicted octanol–water partition coefficient (Wildman–Crippen LogP) is 3.84. The van der Waals surface area contributed by atoms with Gasteiger partial charge in [-0.3, -0.25) is 4.57 Å². The highest BCUT2D eigenvalue weighted by atomic mass is 31.2. The predicted molar refractivity (Wildman–Crippen MR) is 91.4 cm³/mol. The molecule has 0 aliphatic carbocycles. The topological polar surface area (TPSA) is 95.6 Å². The van der Waals surface area contributed by atoms with Gasteiger partial charge in [-0.05, 0) is 31.2 Å². The Labute approximate surface area is 137 Å². The van der Waals surface area contributed by atoms with Crippen molar-refractivity contribution in [2.45, 2.75) is 79.1 Å². The molecule has 0 rings (SSSR count). The van der Waals surface area contributed by atoms with Crippen LogP contribution in [-0.4, -0.2) is 18.0 Å². The van der Waals surface area contributed by atoms with Crippen molar-refractivity contribution in [1.82, 2.24) is 0 Å². The minimum atomic E-state index is -4.48. The van der Waals surface area contributed by atoms with E-state index in [1.54, 1.807) is 0 Å². The van der Waals surface area contributed by atoms with E-state index < -0.39 is 7.82 Å². The quantitative estimate of drug-likeness (QED) is 0.416. The number of unbranched alkanes of at least 4 members (excludes halogenated alkanes) is 3. The second-order valence-corrected chi connectivity index (χ2v) is 7.39. The Morgan fingerprint density at radius 1 is 1.14 bits per heavy atom. The standard InChI is InChI=1S/C8H19N.C8H19O4P/c1-3-5-6-8(4-2)7-9;1-8(2)6-4-3-5-7-12-13(9,10)11/h8H,3-7,9H2,1-2H3;8H,3-7H2,1-2H3,(H2,9,10,11)/p-1. The Balaban J connectivity index is 0. The number of nitrogens with two attached hydrogens (primary N) is 1. The van der Waals surface area contributed by atoms with Crippen molar-refractivity contribution in [2.75, 3.05) is 13.2 Å². The fourth-order valence-corrected chi connectivity index (χ4v) is 2.35. The van der Waals surface area contributed by atoms with E-state index in [9.17, 15) is 9.46 Å². The Morgan fingerprint density at radius 3 is 2.18 bits per heavy atom. The van der Waals surface area contributed by atoms with Gasteiger partial charge in [0.05, 0.1) is 6.61 Å². The largest absolute Gasteiger partial charge is 0.756 e. The molecule has 0 saturated heterocycles. The van der Waals surface area contributed by atoms with Gasteiger partial charge >= 0.3 is 0 Å². The third kappa shape index (κ3) is 22.4. The van der Waals surface area contributed by atoms with E-state index in [0.29, 0.717) is 12.3 Å². The lowest BCUT2D eigenvalue weighted by atomic mass is 10.00. The first kappa shape index (κ1) is 24.3. The fourth-order valence-electron chi connectivity index (χ4n) is 1.99. The van der Waals surface area contributed by atoms with Crippen molar-refractivity contribution in [2.24, 2.45) is 17.6 Å². The first-order valence-corrected chi connectivity index (χ1v) is 10.1. The van der Waals surface area contributed by atoms with Crippen LogP contribution in [-0.2, 0) is 9.09 Å². The lowest BCUT2D eigenvalue weighted by Crippen LogP contribution is -2.12. The lowest BCUT2D eigenvalue weighted by Gasteiger charge is -2.15. The number of rotatable bonds is 12. The highest BCUT2D eigenvalue weighted by Gasteiger charge is 2.01. The summed E-state index contributed by atoms with van der Waals surface area (Å²) in [5.41, 5.74) is 5.52. The molecule has 0 aliphatic rings. The highest BCUT2D eigenvalue weighted by Crippen LogP contribution is 2.30. The molecule has 0 radical (unpaired) electrons. The summed E-state index contributed by atoms with van der Waals surface area (Å²) in [7, 11) is -4.48. The third-order valence-corrected chi connectivity index (χ3v) is 4.07. The third-order valence-electron chi connectivity index (χ3n) is 3.56. The number of phosphoric ester groups is 1. The summed E-state index contributed by atoms with van der Waals surface area (Å²) in [6.07, 6.45) is 9.06. The summed E-state index contributed by atoms with van der Waals surface area (Å²) in [6.45, 7) is 9.70. The highest BCUT2D eigenvalue weighted by molar-refractivity contribution is 7.44. The van der Waals surface area contributed by atoms with Gasteiger partial charge in [-0.2, -0.15) is 0 Å². The summed E-state index contributed by atoms with van der Waals surface area (Å²) in [6, 6.07) is 0. The smallest absolute Gasteiger partial charge is 0.265 e. The second kappa shape index (κ2) is 15.9. The molecule has 22 heavy (non-hydrogen) atoms. The van der Waals surface area contributed by atoms with E-state index in [0.717, 1.165) is 31.7 Å². The van der Waals surface area contributed by atoms with Gasteiger partial charge in [-0.15, -0.1) is 0 Å². The average Bonchev–Trinajstić information content (AvgIpc) is 2.43. The maximum Gasteiger partial charge on any atom is 0.265 e. The molecule has 0 saturated carbocycles. The SMILES string of the molecule is CC(C)CCCCCOP(=O)([O-])O.CCCCC(CC)CN. The van der Waals surface area contributed by atoms with Crippen molar-refractivity contribution in [3.8, 4) is 0 Å². The minimum absolute atomic E-state index is 0.0926. The molecule has 5 nitrogen and oxygen atoms in total. The van der Waals surface area contributed by atoms with E-state index in [2.05, 4.69) is 32.2 Å². The van der Waals surface area contributed by atoms with Gasteiger partial charge in [-0.1, -0.05) is 66.2 Å². The van der Waals surface area contributed by atoms with Crippen LogP contribution in [0.2, 0.25) is 0 Å². The molecular weight excluding hydrogens is 301 g/mol. The van der Waals surface area contributed by atoms with Crippen molar-refractivity contribution in [1.29, 1.82) is 0 Å². The zero-order valence-electron chi connectivity index (χ0n) is 14.9. The van der Waals surface area contributed by atoms with Crippen molar-refractivity contribution in [3.05, 3.63) is 0 Å². The summed E-state index contributed by atoms with van der Waals surface area (Å²) in [5, 5.41) is 0. The molecule has 0 heterocycles. The number of phosphoric acid groups is 1. The van der Waals surface area contributed by atoms with Crippen LogP contribution < -0.4 is 10.6 Å². The van der Waals surface area contributed by atoms with Gasteiger partial charge in [-0.25, -0.2) is 0 Å². The van der Waals surface area contributed by atoms with Crippen LogP contribution in [0.3, 0.4) is 0 Å². The first-order valence-electron chi connectivity index (χ1n) is 8.65. The number of hydrogen-bond donors (Lipinski definition) is 2. The van der Waals surface area contributed by atoms with E-state index in [-0.39, 0.29) is 6.61 Å². The van der Waals surface area contributed by atoms with E-state index in [1.807, 2.05) is 0 Å². The maximum atomic E-state index is 10.1. The summed E-state index contributed by atoms with van der Waals surface area (Å²) < 4.78 is 14.3. The van der Waals surface area contributed by atoms with Crippen LogP contribution >= 0.6 is 7.82 Å². The molecule has 0 aromatic carbocycles. The van der Waals surface area contributed by atoms with Gasteiger partial charge in [0.1, 0.15) is 0 Å². The van der Waals surface area contributed by atoms with Crippen LogP contribution in [0.15, 0.2) is 0 Å². The van der Waals surface area contributed by atoms with Crippen LogP contribution in [0.5, 0.6) is 0 Å². The Hall–Kier alpha value is 0.0700. The molecule has 0 aromatic rings. The lowest BCUT2D eigenvalue weighted by molar-refractivity contribution is -0.219. The molecule has 0 bridgehead atoms. The summed E-state index contributed by atoms with van der Waals surface area (Å²) in [5.74, 6) is 1.47. The van der Waals surface area contributed by atoms with Crippen molar-refractivity contribution < 1.29 is 18.9 Å². The molecule has 0 aliphatic heterocycles. The molecule has 2 atom stereocenters. The second-order valence-electron chi connectivity index (χ2n) is 6.20. The molecule has 2 unspecified atom stereocenters. The first-order chi connectivity index (χ1) is 10.3. The van der Waals surface area contributed by atoms with Gasteiger partial charge in [0, 0.05) is 0 Å². The van der Waals surface area contributed by atoms with Crippen LogP contribution in [0.4, 0.5) is 0 Å². The molecule has 136 valence electrons. The van der Waals surface area contributed by atoms with Crippen molar-refractivity contribution in [3.63, 3.8) is 0 Å². The maximum absolute atomic E-state index is 10.1. The zero-order valence-corrected chi connectivity index (χ0v) is 15.8. The van der Waals surface area contributed by atoms with Crippen molar-refractivity contribution >= 4 is 7.82 Å². The Morgan fingerprint density at radius 2 is 1.77 bits per heavy atom. The molecule has 3 N–H and O–H groups in total. The van der Waals surface area contributed by atoms with Crippen LogP contribution in [0, 0.1) is 11.8 Å². The van der Waals surface area contributed by atoms with E-state index >= 15 is 0 Å². The van der Waals surface area contributed by atoms with Crippen LogP contribution in [0.25, 0.3) is 0 Å². The normalized spacial score (nSPS) is 15.1. The monoisotopic (exact) mass is 338 g/mol. The zero-order chi connectivity index (χ0) is 17.4. The van der Waals surface area contributed by atoms with Gasteiger partial charge < -0.3 is 20.0 Å². The summed E-state index contributed by atoms with van der Waals surface area (Å²) in [4.78, 5) is 18.4. The minimum Gasteiger partial charge on any atom is -0.756 e. The van der Waals surface area contributed by atoms with Gasteiger partial charge in [0.25, 0.3) is 7.82 Å². The Bertz CT molecular complexity index is 265.